The lowest BCUT2D eigenvalue weighted by molar-refractivity contribution is 0.664. The summed E-state index contributed by atoms with van der Waals surface area (Å²) in [5.41, 5.74) is 5.38. The maximum Gasteiger partial charge on any atom is 0.330 e. The fraction of sp³-hybridized carbons (Fsp3) is 0.333. The first kappa shape index (κ1) is 10.3. The molecule has 0 amide bonds. The van der Waals surface area contributed by atoms with Gasteiger partial charge >= 0.3 is 5.69 Å². The monoisotopic (exact) mass is 195 g/mol. The van der Waals surface area contributed by atoms with Crippen molar-refractivity contribution in [1.29, 1.82) is 0 Å². The molecule has 0 bridgehead atoms. The second kappa shape index (κ2) is 3.53. The number of nitrogens with zero attached hydrogens (tertiary/aromatic N) is 2. The molecule has 1 aromatic heterocycles. The molecule has 14 heavy (non-hydrogen) atoms. The second-order valence-corrected chi connectivity index (χ2v) is 3.06. The average molecular weight is 195 g/mol. The molecule has 5 heteroatoms. The normalized spacial score (nSPS) is 10.1. The Bertz CT molecular complexity index is 445. The Hall–Kier alpha value is -1.78. The number of hydrogen-bond donors (Lipinski definition) is 1. The molecule has 1 rings (SSSR count). The van der Waals surface area contributed by atoms with Gasteiger partial charge in [0.05, 0.1) is 5.69 Å². The van der Waals surface area contributed by atoms with Crippen LogP contribution in [0.1, 0.15) is 5.69 Å². The highest BCUT2D eigenvalue weighted by Gasteiger charge is 2.10. The van der Waals surface area contributed by atoms with E-state index in [4.69, 9.17) is 5.73 Å². The van der Waals surface area contributed by atoms with Gasteiger partial charge in [0.25, 0.3) is 5.56 Å². The Kier molecular flexibility index (Phi) is 2.60. The third-order valence-electron chi connectivity index (χ3n) is 2.16. The summed E-state index contributed by atoms with van der Waals surface area (Å²) in [7, 11) is 2.98. The molecule has 76 valence electrons. The van der Waals surface area contributed by atoms with E-state index in [1.165, 1.54) is 11.6 Å². The quantitative estimate of drug-likeness (QED) is 0.640. The average Bonchev–Trinajstić information content (AvgIpc) is 2.19. The Morgan fingerprint density at radius 1 is 1.36 bits per heavy atom. The minimum atomic E-state index is -0.454. The van der Waals surface area contributed by atoms with E-state index >= 15 is 0 Å². The summed E-state index contributed by atoms with van der Waals surface area (Å²) in [6.07, 6.45) is 2.01. The van der Waals surface area contributed by atoms with Crippen LogP contribution in [-0.4, -0.2) is 9.13 Å². The zero-order chi connectivity index (χ0) is 10.9. The highest BCUT2D eigenvalue weighted by Crippen LogP contribution is 2.03. The van der Waals surface area contributed by atoms with E-state index in [0.29, 0.717) is 12.1 Å². The van der Waals surface area contributed by atoms with Crippen LogP contribution in [0.5, 0.6) is 0 Å². The van der Waals surface area contributed by atoms with Gasteiger partial charge in [-0.2, -0.15) is 0 Å². The standard InChI is InChI=1S/C9H13N3O2/c1-4-5-6-7(10)8(13)12(3)9(14)11(6)2/h4H,1,5,10H2,2-3H3. The Morgan fingerprint density at radius 3 is 2.43 bits per heavy atom. The van der Waals surface area contributed by atoms with Gasteiger partial charge in [0.15, 0.2) is 0 Å². The highest BCUT2D eigenvalue weighted by atomic mass is 16.2. The molecule has 0 aliphatic carbocycles. The fourth-order valence-corrected chi connectivity index (χ4v) is 1.30. The van der Waals surface area contributed by atoms with E-state index in [-0.39, 0.29) is 11.4 Å². The topological polar surface area (TPSA) is 70.0 Å². The zero-order valence-electron chi connectivity index (χ0n) is 8.28. The lowest BCUT2D eigenvalue weighted by Gasteiger charge is -2.10. The van der Waals surface area contributed by atoms with Gasteiger partial charge in [-0.3, -0.25) is 13.9 Å². The van der Waals surface area contributed by atoms with E-state index in [1.807, 2.05) is 0 Å². The summed E-state index contributed by atoms with van der Waals surface area (Å²) in [5.74, 6) is 0. The zero-order valence-corrected chi connectivity index (χ0v) is 8.28. The smallest absolute Gasteiger partial charge is 0.330 e. The van der Waals surface area contributed by atoms with Crippen molar-refractivity contribution in [1.82, 2.24) is 9.13 Å². The van der Waals surface area contributed by atoms with Crippen LogP contribution >= 0.6 is 0 Å². The molecule has 2 N–H and O–H groups in total. The predicted octanol–water partition coefficient (Wildman–Crippen LogP) is -0.605. The third-order valence-corrected chi connectivity index (χ3v) is 2.16. The predicted molar refractivity (Wildman–Crippen MR) is 55.2 cm³/mol. The molecule has 0 spiro atoms. The van der Waals surface area contributed by atoms with Crippen LogP contribution in [0.15, 0.2) is 22.2 Å². The van der Waals surface area contributed by atoms with Crippen LogP contribution in [0.3, 0.4) is 0 Å². The van der Waals surface area contributed by atoms with Crippen molar-refractivity contribution in [3.05, 3.63) is 39.2 Å². The van der Waals surface area contributed by atoms with E-state index < -0.39 is 5.56 Å². The number of rotatable bonds is 2. The Morgan fingerprint density at radius 2 is 1.93 bits per heavy atom. The molecule has 1 aromatic rings. The van der Waals surface area contributed by atoms with Gasteiger partial charge < -0.3 is 5.73 Å². The summed E-state index contributed by atoms with van der Waals surface area (Å²) >= 11 is 0. The summed E-state index contributed by atoms with van der Waals surface area (Å²) in [6.45, 7) is 3.54. The van der Waals surface area contributed by atoms with Gasteiger partial charge in [-0.15, -0.1) is 6.58 Å². The van der Waals surface area contributed by atoms with Crippen molar-refractivity contribution in [2.24, 2.45) is 14.1 Å². The Labute approximate surface area is 81.1 Å². The maximum absolute atomic E-state index is 11.5. The van der Waals surface area contributed by atoms with Gasteiger partial charge in [-0.1, -0.05) is 6.08 Å². The van der Waals surface area contributed by atoms with Gasteiger partial charge in [0.1, 0.15) is 5.69 Å². The molecule has 0 fully saturated rings. The minimum absolute atomic E-state index is 0.106. The molecular formula is C9H13N3O2. The van der Waals surface area contributed by atoms with Crippen LogP contribution < -0.4 is 17.0 Å². The van der Waals surface area contributed by atoms with Crippen molar-refractivity contribution in [2.45, 2.75) is 6.42 Å². The molecule has 1 heterocycles. The Balaban J connectivity index is 3.68. The van der Waals surface area contributed by atoms with E-state index in [9.17, 15) is 9.59 Å². The molecule has 0 atom stereocenters. The number of hydrogen-bond acceptors (Lipinski definition) is 3. The maximum atomic E-state index is 11.5. The molecule has 0 radical (unpaired) electrons. The van der Waals surface area contributed by atoms with Crippen molar-refractivity contribution in [3.63, 3.8) is 0 Å². The first-order chi connectivity index (χ1) is 6.50. The fourth-order valence-electron chi connectivity index (χ4n) is 1.30. The van der Waals surface area contributed by atoms with Gasteiger partial charge in [-0.05, 0) is 0 Å². The van der Waals surface area contributed by atoms with Crippen LogP contribution in [0.4, 0.5) is 5.69 Å². The molecular weight excluding hydrogens is 182 g/mol. The summed E-state index contributed by atoms with van der Waals surface area (Å²) in [6, 6.07) is 0. The van der Waals surface area contributed by atoms with Crippen LogP contribution in [0.2, 0.25) is 0 Å². The lowest BCUT2D eigenvalue weighted by atomic mass is 10.2. The molecule has 5 nitrogen and oxygen atoms in total. The SMILES string of the molecule is C=CCc1c(N)c(=O)n(C)c(=O)n1C. The lowest BCUT2D eigenvalue weighted by Crippen LogP contribution is -2.40. The molecule has 0 aliphatic heterocycles. The summed E-state index contributed by atoms with van der Waals surface area (Å²) in [5, 5.41) is 0. The van der Waals surface area contributed by atoms with Crippen LogP contribution in [0, 0.1) is 0 Å². The number of anilines is 1. The number of aromatic nitrogens is 2. The highest BCUT2D eigenvalue weighted by molar-refractivity contribution is 5.41. The van der Waals surface area contributed by atoms with E-state index in [0.717, 1.165) is 4.57 Å². The van der Waals surface area contributed by atoms with Crippen molar-refractivity contribution in [3.8, 4) is 0 Å². The van der Waals surface area contributed by atoms with Crippen molar-refractivity contribution in [2.75, 3.05) is 5.73 Å². The largest absolute Gasteiger partial charge is 0.393 e. The van der Waals surface area contributed by atoms with E-state index in [2.05, 4.69) is 6.58 Å². The van der Waals surface area contributed by atoms with Gasteiger partial charge in [0.2, 0.25) is 0 Å². The van der Waals surface area contributed by atoms with E-state index in [1.54, 1.807) is 13.1 Å². The third kappa shape index (κ3) is 1.37. The molecule has 0 unspecified atom stereocenters. The molecule has 0 saturated heterocycles. The van der Waals surface area contributed by atoms with Crippen molar-refractivity contribution < 1.29 is 0 Å². The van der Waals surface area contributed by atoms with Crippen LogP contribution in [0.25, 0.3) is 0 Å². The summed E-state index contributed by atoms with van der Waals surface area (Å²) in [4.78, 5) is 22.9. The molecule has 0 aliphatic rings. The first-order valence-corrected chi connectivity index (χ1v) is 4.16. The number of nitrogen functional groups attached to an aromatic ring is 1. The second-order valence-electron chi connectivity index (χ2n) is 3.06. The minimum Gasteiger partial charge on any atom is -0.393 e. The first-order valence-electron chi connectivity index (χ1n) is 4.16. The van der Waals surface area contributed by atoms with Crippen molar-refractivity contribution >= 4 is 5.69 Å². The number of allylic oxidation sites excluding steroid dienone is 1. The summed E-state index contributed by atoms with van der Waals surface area (Å²) < 4.78 is 2.35. The van der Waals surface area contributed by atoms with Gasteiger partial charge in [0, 0.05) is 20.5 Å². The number of nitrogens with two attached hydrogens (primary N) is 1. The molecule has 0 saturated carbocycles. The van der Waals surface area contributed by atoms with Crippen LogP contribution in [-0.2, 0) is 20.5 Å². The van der Waals surface area contributed by atoms with Gasteiger partial charge in [-0.25, -0.2) is 4.79 Å². The molecule has 0 aromatic carbocycles.